The number of imidazole rings is 1. The van der Waals surface area contributed by atoms with Gasteiger partial charge in [0.25, 0.3) is 0 Å². The maximum absolute atomic E-state index is 5.07. The summed E-state index contributed by atoms with van der Waals surface area (Å²) in [6.07, 6.45) is 0. The van der Waals surface area contributed by atoms with E-state index >= 15 is 0 Å². The Labute approximate surface area is 340 Å². The molecule has 59 heavy (non-hydrogen) atoms. The van der Waals surface area contributed by atoms with Crippen molar-refractivity contribution in [3.05, 3.63) is 206 Å². The van der Waals surface area contributed by atoms with Crippen LogP contribution in [0.1, 0.15) is 0 Å². The lowest BCUT2D eigenvalue weighted by molar-refractivity contribution is 1.31. The monoisotopic (exact) mass is 746 g/mol. The molecule has 2 aromatic heterocycles. The third-order valence-corrected chi connectivity index (χ3v) is 12.7. The van der Waals surface area contributed by atoms with Crippen molar-refractivity contribution in [2.45, 2.75) is 0 Å². The maximum atomic E-state index is 5.07. The summed E-state index contributed by atoms with van der Waals surface area (Å²) < 4.78 is 2.32. The molecule has 2 nitrogen and oxygen atoms in total. The van der Waals surface area contributed by atoms with Crippen molar-refractivity contribution in [3.8, 4) is 66.8 Å². The van der Waals surface area contributed by atoms with Crippen LogP contribution < -0.4 is 0 Å². The number of para-hydroxylation sites is 2. The van der Waals surface area contributed by atoms with Crippen LogP contribution in [-0.2, 0) is 0 Å². The highest BCUT2D eigenvalue weighted by Gasteiger charge is 2.31. The van der Waals surface area contributed by atoms with Crippen LogP contribution in [0, 0.1) is 0 Å². The molecular weight excluding hydrogens is 713 g/mol. The number of hydrogen-bond donors (Lipinski definition) is 0. The molecule has 12 aromatic rings. The molecular formula is C57H34N2. The van der Waals surface area contributed by atoms with E-state index in [0.29, 0.717) is 0 Å². The van der Waals surface area contributed by atoms with Crippen LogP contribution in [-0.4, -0.2) is 9.38 Å². The fourth-order valence-electron chi connectivity index (χ4n) is 10.2. The predicted molar refractivity (Wildman–Crippen MR) is 249 cm³/mol. The molecule has 0 saturated carbocycles. The van der Waals surface area contributed by atoms with Gasteiger partial charge < -0.3 is 0 Å². The van der Waals surface area contributed by atoms with Crippen molar-refractivity contribution in [1.82, 2.24) is 9.38 Å². The minimum atomic E-state index is 1.00. The van der Waals surface area contributed by atoms with Gasteiger partial charge in [0.2, 0.25) is 0 Å². The second kappa shape index (κ2) is 12.3. The molecule has 0 atom stereocenters. The molecule has 1 aliphatic rings. The van der Waals surface area contributed by atoms with Crippen LogP contribution in [0.25, 0.3) is 127 Å². The molecule has 2 heterocycles. The van der Waals surface area contributed by atoms with E-state index in [0.717, 1.165) is 22.1 Å². The summed E-state index contributed by atoms with van der Waals surface area (Å²) in [5.41, 5.74) is 19.5. The molecule has 0 fully saturated rings. The van der Waals surface area contributed by atoms with Crippen LogP contribution >= 0.6 is 0 Å². The van der Waals surface area contributed by atoms with Gasteiger partial charge in [0, 0.05) is 10.8 Å². The van der Waals surface area contributed by atoms with Crippen molar-refractivity contribution in [3.63, 3.8) is 0 Å². The lowest BCUT2D eigenvalue weighted by Gasteiger charge is -2.20. The number of nitrogens with zero attached hydrogens (tertiary/aromatic N) is 2. The van der Waals surface area contributed by atoms with Crippen LogP contribution in [0.2, 0.25) is 0 Å². The molecule has 0 radical (unpaired) electrons. The van der Waals surface area contributed by atoms with Crippen molar-refractivity contribution < 1.29 is 0 Å². The Kier molecular flexibility index (Phi) is 6.76. The van der Waals surface area contributed by atoms with Gasteiger partial charge in [0.1, 0.15) is 5.65 Å². The predicted octanol–water partition coefficient (Wildman–Crippen LogP) is 15.4. The van der Waals surface area contributed by atoms with Crippen LogP contribution in [0.3, 0.4) is 0 Å². The summed E-state index contributed by atoms with van der Waals surface area (Å²) in [7, 11) is 0. The van der Waals surface area contributed by atoms with Crippen LogP contribution in [0.4, 0.5) is 0 Å². The lowest BCUT2D eigenvalue weighted by atomic mass is 9.82. The normalized spacial score (nSPS) is 12.1. The fraction of sp³-hybridized carbons (Fsp3) is 0. The fourth-order valence-corrected chi connectivity index (χ4v) is 10.2. The Bertz CT molecular complexity index is 3600. The van der Waals surface area contributed by atoms with Gasteiger partial charge >= 0.3 is 0 Å². The number of rotatable bonds is 4. The van der Waals surface area contributed by atoms with Gasteiger partial charge in [-0.2, -0.15) is 0 Å². The smallest absolute Gasteiger partial charge is 0.146 e. The molecule has 2 heteroatoms. The molecule has 13 rings (SSSR count). The topological polar surface area (TPSA) is 17.3 Å². The lowest BCUT2D eigenvalue weighted by Crippen LogP contribution is -1.93. The quantitative estimate of drug-likeness (QED) is 0.164. The second-order valence-corrected chi connectivity index (χ2v) is 15.8. The third kappa shape index (κ3) is 4.60. The largest absolute Gasteiger partial charge is 0.292 e. The molecule has 0 saturated heterocycles. The Morgan fingerprint density at radius 2 is 0.831 bits per heavy atom. The first kappa shape index (κ1) is 32.3. The third-order valence-electron chi connectivity index (χ3n) is 12.7. The number of hydrogen-bond acceptors (Lipinski definition) is 1. The SMILES string of the molecule is c1ccc(-c2c3c(c(-c4ccccc4)c4ccccc24)-c2ccc(-c4ccc(-c5ccc6c(c5)c5ccccc5c5nc7ccccc7n65)cc4)c4cccc-3c24)cc1. The first-order chi connectivity index (χ1) is 29.3. The summed E-state index contributed by atoms with van der Waals surface area (Å²) in [4.78, 5) is 5.07. The van der Waals surface area contributed by atoms with E-state index in [-0.39, 0.29) is 0 Å². The molecule has 0 amide bonds. The summed E-state index contributed by atoms with van der Waals surface area (Å²) in [5, 5.41) is 8.77. The Balaban J connectivity index is 0.987. The molecule has 0 aliphatic heterocycles. The van der Waals surface area contributed by atoms with Gasteiger partial charge in [-0.25, -0.2) is 4.98 Å². The van der Waals surface area contributed by atoms with E-state index in [4.69, 9.17) is 4.98 Å². The van der Waals surface area contributed by atoms with Crippen LogP contribution in [0.5, 0.6) is 0 Å². The molecule has 0 N–H and O–H groups in total. The van der Waals surface area contributed by atoms with Gasteiger partial charge in [0.05, 0.1) is 16.6 Å². The zero-order chi connectivity index (χ0) is 38.6. The highest BCUT2D eigenvalue weighted by Crippen LogP contribution is 2.58. The van der Waals surface area contributed by atoms with Gasteiger partial charge in [0.15, 0.2) is 0 Å². The number of fused-ring (bicyclic) bond motifs is 12. The first-order valence-electron chi connectivity index (χ1n) is 20.4. The molecule has 1 aliphatic carbocycles. The minimum Gasteiger partial charge on any atom is -0.292 e. The van der Waals surface area contributed by atoms with Gasteiger partial charge in [-0.15, -0.1) is 0 Å². The van der Waals surface area contributed by atoms with Crippen molar-refractivity contribution in [2.24, 2.45) is 0 Å². The first-order valence-corrected chi connectivity index (χ1v) is 20.4. The molecule has 0 unspecified atom stereocenters. The van der Waals surface area contributed by atoms with E-state index in [9.17, 15) is 0 Å². The molecule has 0 spiro atoms. The van der Waals surface area contributed by atoms with Gasteiger partial charge in [-0.1, -0.05) is 182 Å². The van der Waals surface area contributed by atoms with Gasteiger partial charge in [-0.05, 0) is 118 Å². The zero-order valence-electron chi connectivity index (χ0n) is 32.0. The van der Waals surface area contributed by atoms with Crippen molar-refractivity contribution in [2.75, 3.05) is 0 Å². The minimum absolute atomic E-state index is 1.00. The molecule has 272 valence electrons. The Morgan fingerprint density at radius 1 is 0.288 bits per heavy atom. The average Bonchev–Trinajstić information content (AvgIpc) is 3.86. The highest BCUT2D eigenvalue weighted by molar-refractivity contribution is 6.29. The zero-order valence-corrected chi connectivity index (χ0v) is 32.0. The molecule has 10 aromatic carbocycles. The summed E-state index contributed by atoms with van der Waals surface area (Å²) in [6.45, 7) is 0. The van der Waals surface area contributed by atoms with Crippen molar-refractivity contribution in [1.29, 1.82) is 0 Å². The van der Waals surface area contributed by atoms with Crippen molar-refractivity contribution >= 4 is 59.9 Å². The van der Waals surface area contributed by atoms with Crippen LogP contribution in [0.15, 0.2) is 206 Å². The van der Waals surface area contributed by atoms with E-state index in [1.807, 2.05) is 0 Å². The number of benzene rings is 10. The molecule has 0 bridgehead atoms. The number of aromatic nitrogens is 2. The average molecular weight is 747 g/mol. The van der Waals surface area contributed by atoms with E-state index < -0.39 is 0 Å². The van der Waals surface area contributed by atoms with E-state index in [2.05, 4.69) is 211 Å². The summed E-state index contributed by atoms with van der Waals surface area (Å²) >= 11 is 0. The highest BCUT2D eigenvalue weighted by atomic mass is 15.0. The second-order valence-electron chi connectivity index (χ2n) is 15.8. The number of pyridine rings is 1. The van der Waals surface area contributed by atoms with E-state index in [1.54, 1.807) is 0 Å². The Morgan fingerprint density at radius 3 is 1.54 bits per heavy atom. The van der Waals surface area contributed by atoms with E-state index in [1.165, 1.54) is 105 Å². The summed E-state index contributed by atoms with van der Waals surface area (Å²) in [6, 6.07) is 75.7. The Hall–Kier alpha value is -7.81. The maximum Gasteiger partial charge on any atom is 0.146 e. The standard InChI is InChI=1S/C57H34N2/c1-3-14-37(15-4-1)52-43-19-8-9-20-44(43)53(38-16-5-2-6-17-38)56-47-32-31-40(42-22-13-23-46(54(42)47)55(52)56)36-28-26-35(27-29-36)39-30-33-50-48(34-39)41-18-7-10-21-45(41)57-58-49-24-11-12-25-51(49)59(50)57/h1-34H. The van der Waals surface area contributed by atoms with Gasteiger partial charge in [-0.3, -0.25) is 4.40 Å². The summed E-state index contributed by atoms with van der Waals surface area (Å²) in [5.74, 6) is 0.